The van der Waals surface area contributed by atoms with Gasteiger partial charge in [-0.3, -0.25) is 4.79 Å². The molecule has 0 aromatic heterocycles. The van der Waals surface area contributed by atoms with Crippen molar-refractivity contribution in [2.24, 2.45) is 0 Å². The summed E-state index contributed by atoms with van der Waals surface area (Å²) >= 11 is 12.0. The van der Waals surface area contributed by atoms with Gasteiger partial charge in [-0.1, -0.05) is 35.3 Å². The van der Waals surface area contributed by atoms with Crippen molar-refractivity contribution in [1.29, 1.82) is 5.26 Å². The van der Waals surface area contributed by atoms with E-state index in [4.69, 9.17) is 32.7 Å². The molecule has 3 rings (SSSR count). The normalized spacial score (nSPS) is 16.6. The molecule has 2 aromatic rings. The van der Waals surface area contributed by atoms with E-state index in [1.54, 1.807) is 29.2 Å². The lowest BCUT2D eigenvalue weighted by atomic mass is 10.1. The standard InChI is InChI=1S/C20H17Cl2FN2O3/c21-18-7-14(23)8-19(22)17(18)12-27-11-15-10-25(5-6-28-15)20(26)16-4-2-1-3-13(16)9-24/h1-4,7-8,15H,5-6,10-12H2. The van der Waals surface area contributed by atoms with Crippen LogP contribution in [0.1, 0.15) is 21.5 Å². The van der Waals surface area contributed by atoms with Gasteiger partial charge in [0.05, 0.1) is 53.2 Å². The summed E-state index contributed by atoms with van der Waals surface area (Å²) in [7, 11) is 0. The van der Waals surface area contributed by atoms with Crippen molar-refractivity contribution < 1.29 is 18.7 Å². The number of morpholine rings is 1. The summed E-state index contributed by atoms with van der Waals surface area (Å²) in [4.78, 5) is 14.4. The van der Waals surface area contributed by atoms with Crippen LogP contribution in [0.25, 0.3) is 0 Å². The lowest BCUT2D eigenvalue weighted by molar-refractivity contribution is -0.0647. The van der Waals surface area contributed by atoms with Gasteiger partial charge < -0.3 is 14.4 Å². The Morgan fingerprint density at radius 1 is 1.32 bits per heavy atom. The number of carbonyl (C=O) groups excluding carboxylic acids is 1. The smallest absolute Gasteiger partial charge is 0.255 e. The predicted molar refractivity (Wildman–Crippen MR) is 103 cm³/mol. The minimum atomic E-state index is -0.513. The molecule has 0 aliphatic carbocycles. The Labute approximate surface area is 172 Å². The summed E-state index contributed by atoms with van der Waals surface area (Å²) in [6, 6.07) is 11.1. The fourth-order valence-corrected chi connectivity index (χ4v) is 3.51. The van der Waals surface area contributed by atoms with E-state index in [0.29, 0.717) is 36.4 Å². The lowest BCUT2D eigenvalue weighted by Crippen LogP contribution is -2.47. The molecule has 8 heteroatoms. The van der Waals surface area contributed by atoms with Gasteiger partial charge in [-0.25, -0.2) is 4.39 Å². The Balaban J connectivity index is 1.58. The fourth-order valence-electron chi connectivity index (χ4n) is 2.94. The zero-order chi connectivity index (χ0) is 20.1. The Bertz CT molecular complexity index is 894. The van der Waals surface area contributed by atoms with Crippen LogP contribution in [0.4, 0.5) is 4.39 Å². The van der Waals surface area contributed by atoms with Crippen molar-refractivity contribution in [1.82, 2.24) is 4.90 Å². The summed E-state index contributed by atoms with van der Waals surface area (Å²) < 4.78 is 24.5. The third-order valence-electron chi connectivity index (χ3n) is 4.36. The summed E-state index contributed by atoms with van der Waals surface area (Å²) in [5, 5.41) is 9.58. The zero-order valence-electron chi connectivity index (χ0n) is 14.8. The van der Waals surface area contributed by atoms with Crippen molar-refractivity contribution in [2.45, 2.75) is 12.7 Å². The maximum absolute atomic E-state index is 13.2. The van der Waals surface area contributed by atoms with Gasteiger partial charge in [-0.05, 0) is 24.3 Å². The molecule has 146 valence electrons. The second-order valence-electron chi connectivity index (χ2n) is 6.26. The Kier molecular flexibility index (Phi) is 6.87. The Hall–Kier alpha value is -2.17. The van der Waals surface area contributed by atoms with Crippen LogP contribution in [0.2, 0.25) is 10.0 Å². The first-order valence-corrected chi connectivity index (χ1v) is 9.36. The third-order valence-corrected chi connectivity index (χ3v) is 5.03. The number of amides is 1. The number of hydrogen-bond donors (Lipinski definition) is 0. The monoisotopic (exact) mass is 422 g/mol. The van der Waals surface area contributed by atoms with Crippen molar-refractivity contribution in [3.05, 3.63) is 69.0 Å². The molecule has 5 nitrogen and oxygen atoms in total. The number of hydrogen-bond acceptors (Lipinski definition) is 4. The van der Waals surface area contributed by atoms with E-state index in [1.165, 1.54) is 12.1 Å². The Morgan fingerprint density at radius 2 is 2.04 bits per heavy atom. The van der Waals surface area contributed by atoms with E-state index >= 15 is 0 Å². The van der Waals surface area contributed by atoms with Crippen LogP contribution in [0.15, 0.2) is 36.4 Å². The molecule has 1 saturated heterocycles. The van der Waals surface area contributed by atoms with Gasteiger partial charge in [0, 0.05) is 18.7 Å². The second-order valence-corrected chi connectivity index (χ2v) is 7.08. The van der Waals surface area contributed by atoms with Crippen LogP contribution >= 0.6 is 23.2 Å². The topological polar surface area (TPSA) is 62.6 Å². The molecule has 0 spiro atoms. The van der Waals surface area contributed by atoms with Crippen LogP contribution in [0.3, 0.4) is 0 Å². The molecule has 28 heavy (non-hydrogen) atoms. The molecular weight excluding hydrogens is 406 g/mol. The van der Waals surface area contributed by atoms with Gasteiger partial charge in [0.15, 0.2) is 0 Å². The average molecular weight is 423 g/mol. The molecule has 1 atom stereocenters. The molecule has 0 bridgehead atoms. The summed E-state index contributed by atoms with van der Waals surface area (Å²) in [6.45, 7) is 1.46. The van der Waals surface area contributed by atoms with Crippen LogP contribution in [-0.2, 0) is 16.1 Å². The Morgan fingerprint density at radius 3 is 2.75 bits per heavy atom. The quantitative estimate of drug-likeness (QED) is 0.728. The number of nitrogens with zero attached hydrogens (tertiary/aromatic N) is 2. The number of halogens is 3. The van der Waals surface area contributed by atoms with Crippen molar-refractivity contribution >= 4 is 29.1 Å². The van der Waals surface area contributed by atoms with E-state index < -0.39 is 5.82 Å². The fraction of sp³-hybridized carbons (Fsp3) is 0.300. The number of benzene rings is 2. The zero-order valence-corrected chi connectivity index (χ0v) is 16.3. The predicted octanol–water partition coefficient (Wildman–Crippen LogP) is 4.06. The van der Waals surface area contributed by atoms with Crippen molar-refractivity contribution in [3.63, 3.8) is 0 Å². The third kappa shape index (κ3) is 4.81. The summed E-state index contributed by atoms with van der Waals surface area (Å²) in [5.41, 5.74) is 1.21. The van der Waals surface area contributed by atoms with Gasteiger partial charge in [0.2, 0.25) is 0 Å². The van der Waals surface area contributed by atoms with Crippen molar-refractivity contribution in [2.75, 3.05) is 26.3 Å². The van der Waals surface area contributed by atoms with E-state index in [-0.39, 0.29) is 35.3 Å². The molecule has 0 radical (unpaired) electrons. The largest absolute Gasteiger partial charge is 0.374 e. The highest BCUT2D eigenvalue weighted by molar-refractivity contribution is 6.35. The SMILES string of the molecule is N#Cc1ccccc1C(=O)N1CCOC(COCc2c(Cl)cc(F)cc2Cl)C1. The lowest BCUT2D eigenvalue weighted by Gasteiger charge is -2.33. The van der Waals surface area contributed by atoms with Gasteiger partial charge >= 0.3 is 0 Å². The average Bonchev–Trinajstić information content (AvgIpc) is 2.69. The summed E-state index contributed by atoms with van der Waals surface area (Å²) in [6.07, 6.45) is -0.329. The number of carbonyl (C=O) groups is 1. The highest BCUT2D eigenvalue weighted by atomic mass is 35.5. The molecular formula is C20H17Cl2FN2O3. The van der Waals surface area contributed by atoms with Crippen LogP contribution in [0.5, 0.6) is 0 Å². The molecule has 1 amide bonds. The number of rotatable bonds is 5. The summed E-state index contributed by atoms with van der Waals surface area (Å²) in [5.74, 6) is -0.726. The number of nitriles is 1. The van der Waals surface area contributed by atoms with Crippen molar-refractivity contribution in [3.8, 4) is 6.07 Å². The maximum atomic E-state index is 13.2. The maximum Gasteiger partial charge on any atom is 0.255 e. The second kappa shape index (κ2) is 9.35. The van der Waals surface area contributed by atoms with E-state index in [2.05, 4.69) is 0 Å². The highest BCUT2D eigenvalue weighted by Crippen LogP contribution is 2.27. The van der Waals surface area contributed by atoms with Gasteiger partial charge in [-0.2, -0.15) is 5.26 Å². The van der Waals surface area contributed by atoms with E-state index in [9.17, 15) is 14.4 Å². The molecule has 1 aliphatic heterocycles. The first kappa shape index (κ1) is 20.6. The van der Waals surface area contributed by atoms with Crippen LogP contribution in [0, 0.1) is 17.1 Å². The van der Waals surface area contributed by atoms with Gasteiger partial charge in [0.25, 0.3) is 5.91 Å². The molecule has 1 aliphatic rings. The van der Waals surface area contributed by atoms with Crippen LogP contribution in [-0.4, -0.2) is 43.2 Å². The molecule has 2 aromatic carbocycles. The first-order chi connectivity index (χ1) is 13.5. The highest BCUT2D eigenvalue weighted by Gasteiger charge is 2.26. The van der Waals surface area contributed by atoms with E-state index in [0.717, 1.165) is 0 Å². The molecule has 1 fully saturated rings. The molecule has 0 N–H and O–H groups in total. The van der Waals surface area contributed by atoms with Crippen LogP contribution < -0.4 is 0 Å². The molecule has 1 unspecified atom stereocenters. The number of ether oxygens (including phenoxy) is 2. The molecule has 1 heterocycles. The minimum absolute atomic E-state index is 0.100. The van der Waals surface area contributed by atoms with Gasteiger partial charge in [-0.15, -0.1) is 0 Å². The van der Waals surface area contributed by atoms with Gasteiger partial charge in [0.1, 0.15) is 5.82 Å². The first-order valence-electron chi connectivity index (χ1n) is 8.60. The minimum Gasteiger partial charge on any atom is -0.374 e. The molecule has 0 saturated carbocycles. The van der Waals surface area contributed by atoms with E-state index in [1.807, 2.05) is 6.07 Å².